The van der Waals surface area contributed by atoms with Gasteiger partial charge < -0.3 is 14.8 Å². The van der Waals surface area contributed by atoms with Crippen molar-refractivity contribution in [3.63, 3.8) is 0 Å². The number of methoxy groups -OCH3 is 2. The lowest BCUT2D eigenvalue weighted by molar-refractivity contribution is -0.138. The van der Waals surface area contributed by atoms with Crippen molar-refractivity contribution in [2.75, 3.05) is 19.5 Å². The van der Waals surface area contributed by atoms with Gasteiger partial charge in [-0.2, -0.15) is 0 Å². The Kier molecular flexibility index (Phi) is 6.38. The second-order valence-electron chi connectivity index (χ2n) is 4.86. The molecule has 5 nitrogen and oxygen atoms in total. The lowest BCUT2D eigenvalue weighted by atomic mass is 10.1. The first-order chi connectivity index (χ1) is 12.1. The lowest BCUT2D eigenvalue weighted by Gasteiger charge is -2.10. The van der Waals surface area contributed by atoms with Crippen LogP contribution in [0.4, 0.5) is 5.69 Å². The van der Waals surface area contributed by atoms with E-state index in [-0.39, 0.29) is 5.70 Å². The van der Waals surface area contributed by atoms with Gasteiger partial charge in [0.05, 0.1) is 26.0 Å². The SMILES string of the molecule is COC(=O)/C=C(\Nc1ccccc1C#Cc1ccccc1)C(=O)OC. The van der Waals surface area contributed by atoms with Crippen molar-refractivity contribution in [1.82, 2.24) is 0 Å². The second-order valence-corrected chi connectivity index (χ2v) is 4.86. The van der Waals surface area contributed by atoms with Gasteiger partial charge in [0, 0.05) is 11.1 Å². The zero-order chi connectivity index (χ0) is 18.1. The third kappa shape index (κ3) is 5.26. The van der Waals surface area contributed by atoms with E-state index in [1.807, 2.05) is 42.5 Å². The van der Waals surface area contributed by atoms with Gasteiger partial charge in [-0.15, -0.1) is 0 Å². The highest BCUT2D eigenvalue weighted by Gasteiger charge is 2.13. The Hall–Kier alpha value is -3.52. The number of para-hydroxylation sites is 1. The topological polar surface area (TPSA) is 64.6 Å². The lowest BCUT2D eigenvalue weighted by Crippen LogP contribution is -2.16. The molecule has 126 valence electrons. The summed E-state index contributed by atoms with van der Waals surface area (Å²) in [6.07, 6.45) is 1.03. The molecule has 0 radical (unpaired) electrons. The molecule has 2 rings (SSSR count). The van der Waals surface area contributed by atoms with Crippen molar-refractivity contribution in [3.05, 3.63) is 77.5 Å². The van der Waals surface area contributed by atoms with Crippen LogP contribution in [-0.4, -0.2) is 26.2 Å². The first-order valence-corrected chi connectivity index (χ1v) is 7.45. The monoisotopic (exact) mass is 335 g/mol. The number of esters is 2. The van der Waals surface area contributed by atoms with Crippen molar-refractivity contribution in [2.24, 2.45) is 0 Å². The normalized spacial score (nSPS) is 10.2. The molecule has 25 heavy (non-hydrogen) atoms. The van der Waals surface area contributed by atoms with Crippen molar-refractivity contribution in [1.29, 1.82) is 0 Å². The molecular formula is C20H17NO4. The maximum atomic E-state index is 11.9. The first-order valence-electron chi connectivity index (χ1n) is 7.45. The van der Waals surface area contributed by atoms with Crippen LogP contribution in [0.1, 0.15) is 11.1 Å². The van der Waals surface area contributed by atoms with E-state index in [0.29, 0.717) is 11.3 Å². The molecule has 0 unspecified atom stereocenters. The highest BCUT2D eigenvalue weighted by Crippen LogP contribution is 2.17. The molecule has 0 heterocycles. The number of rotatable bonds is 4. The fourth-order valence-electron chi connectivity index (χ4n) is 1.94. The van der Waals surface area contributed by atoms with Crippen molar-refractivity contribution >= 4 is 17.6 Å². The summed E-state index contributed by atoms with van der Waals surface area (Å²) in [6.45, 7) is 0. The molecule has 0 fully saturated rings. The Morgan fingerprint density at radius 2 is 1.60 bits per heavy atom. The fraction of sp³-hybridized carbons (Fsp3) is 0.100. The molecule has 0 aromatic heterocycles. The molecule has 1 N–H and O–H groups in total. The second kappa shape index (κ2) is 8.94. The smallest absolute Gasteiger partial charge is 0.354 e. The van der Waals surface area contributed by atoms with E-state index in [4.69, 9.17) is 0 Å². The molecule has 0 atom stereocenters. The molecule has 0 aliphatic heterocycles. The zero-order valence-corrected chi connectivity index (χ0v) is 13.9. The van der Waals surface area contributed by atoms with Gasteiger partial charge in [0.15, 0.2) is 0 Å². The van der Waals surface area contributed by atoms with E-state index in [1.165, 1.54) is 14.2 Å². The minimum Gasteiger partial charge on any atom is -0.466 e. The van der Waals surface area contributed by atoms with Crippen molar-refractivity contribution in [3.8, 4) is 11.8 Å². The number of anilines is 1. The molecule has 0 saturated carbocycles. The maximum Gasteiger partial charge on any atom is 0.354 e. The molecule has 0 amide bonds. The van der Waals surface area contributed by atoms with E-state index in [1.54, 1.807) is 12.1 Å². The molecule has 0 aliphatic rings. The van der Waals surface area contributed by atoms with Crippen LogP contribution < -0.4 is 5.32 Å². The van der Waals surface area contributed by atoms with Crippen LogP contribution in [0.15, 0.2) is 66.4 Å². The van der Waals surface area contributed by atoms with Crippen LogP contribution in [0.3, 0.4) is 0 Å². The number of ether oxygens (including phenoxy) is 2. The summed E-state index contributed by atoms with van der Waals surface area (Å²) in [6, 6.07) is 16.7. The van der Waals surface area contributed by atoms with Gasteiger partial charge in [-0.25, -0.2) is 9.59 Å². The average Bonchev–Trinajstić information content (AvgIpc) is 2.66. The Morgan fingerprint density at radius 1 is 0.920 bits per heavy atom. The van der Waals surface area contributed by atoms with Gasteiger partial charge in [-0.3, -0.25) is 0 Å². The highest BCUT2D eigenvalue weighted by atomic mass is 16.5. The molecule has 2 aromatic carbocycles. The number of carbonyl (C=O) groups is 2. The van der Waals surface area contributed by atoms with E-state index in [2.05, 4.69) is 26.6 Å². The van der Waals surface area contributed by atoms with Gasteiger partial charge in [0.1, 0.15) is 5.70 Å². The Labute approximate surface area is 146 Å². The minimum atomic E-state index is -0.684. The maximum absolute atomic E-state index is 11.9. The van der Waals surface area contributed by atoms with Crippen LogP contribution in [-0.2, 0) is 19.1 Å². The van der Waals surface area contributed by atoms with Gasteiger partial charge in [0.25, 0.3) is 0 Å². The van der Waals surface area contributed by atoms with Gasteiger partial charge in [-0.05, 0) is 24.3 Å². The van der Waals surface area contributed by atoms with Crippen LogP contribution in [0.25, 0.3) is 0 Å². The quantitative estimate of drug-likeness (QED) is 0.529. The predicted octanol–water partition coefficient (Wildman–Crippen LogP) is 2.73. The summed E-state index contributed by atoms with van der Waals surface area (Å²) in [4.78, 5) is 23.3. The van der Waals surface area contributed by atoms with Gasteiger partial charge in [-0.1, -0.05) is 42.2 Å². The Balaban J connectivity index is 2.33. The van der Waals surface area contributed by atoms with Crippen LogP contribution >= 0.6 is 0 Å². The molecule has 0 bridgehead atoms. The summed E-state index contributed by atoms with van der Waals surface area (Å²) in [5.74, 6) is 4.75. The van der Waals surface area contributed by atoms with Crippen LogP contribution in [0, 0.1) is 11.8 Å². The predicted molar refractivity (Wildman–Crippen MR) is 94.6 cm³/mol. The molecule has 0 spiro atoms. The number of benzene rings is 2. The molecule has 5 heteroatoms. The minimum absolute atomic E-state index is 0.0386. The summed E-state index contributed by atoms with van der Waals surface area (Å²) < 4.78 is 9.24. The summed E-state index contributed by atoms with van der Waals surface area (Å²) >= 11 is 0. The van der Waals surface area contributed by atoms with E-state index < -0.39 is 11.9 Å². The summed E-state index contributed by atoms with van der Waals surface area (Å²) in [7, 11) is 2.46. The van der Waals surface area contributed by atoms with Gasteiger partial charge in [0.2, 0.25) is 0 Å². The number of hydrogen-bond donors (Lipinski definition) is 1. The largest absolute Gasteiger partial charge is 0.466 e. The van der Waals surface area contributed by atoms with Crippen molar-refractivity contribution in [2.45, 2.75) is 0 Å². The van der Waals surface area contributed by atoms with Crippen LogP contribution in [0.5, 0.6) is 0 Å². The third-order valence-electron chi connectivity index (χ3n) is 3.18. The summed E-state index contributed by atoms with van der Waals surface area (Å²) in [5.41, 5.74) is 2.08. The molecule has 0 saturated heterocycles. The first kappa shape index (κ1) is 17.8. The molecule has 0 aliphatic carbocycles. The number of carbonyl (C=O) groups excluding carboxylic acids is 2. The third-order valence-corrected chi connectivity index (χ3v) is 3.18. The van der Waals surface area contributed by atoms with Crippen molar-refractivity contribution < 1.29 is 19.1 Å². The average molecular weight is 335 g/mol. The zero-order valence-electron chi connectivity index (χ0n) is 13.9. The van der Waals surface area contributed by atoms with E-state index >= 15 is 0 Å². The summed E-state index contributed by atoms with van der Waals surface area (Å²) in [5, 5.41) is 2.88. The Bertz CT molecular complexity index is 845. The molecular weight excluding hydrogens is 318 g/mol. The number of nitrogens with one attached hydrogen (secondary N) is 1. The van der Waals surface area contributed by atoms with E-state index in [0.717, 1.165) is 11.6 Å². The fourth-order valence-corrected chi connectivity index (χ4v) is 1.94. The Morgan fingerprint density at radius 3 is 2.28 bits per heavy atom. The van der Waals surface area contributed by atoms with Gasteiger partial charge >= 0.3 is 11.9 Å². The van der Waals surface area contributed by atoms with Crippen LogP contribution in [0.2, 0.25) is 0 Å². The number of hydrogen-bond acceptors (Lipinski definition) is 5. The van der Waals surface area contributed by atoms with E-state index in [9.17, 15) is 9.59 Å². The standard InChI is InChI=1S/C20H17NO4/c1-24-19(22)14-18(20(23)25-2)21-17-11-7-6-10-16(17)13-12-15-8-4-3-5-9-15/h3-11,14,21H,1-2H3/b18-14-. The highest BCUT2D eigenvalue weighted by molar-refractivity contribution is 5.99. The molecule has 2 aromatic rings.